The normalized spacial score (nSPS) is 15.4. The van der Waals surface area contributed by atoms with E-state index in [1.165, 1.54) is 29.2 Å². The van der Waals surface area contributed by atoms with Crippen LogP contribution >= 0.6 is 28.3 Å². The van der Waals surface area contributed by atoms with E-state index in [-0.39, 0.29) is 36.0 Å². The van der Waals surface area contributed by atoms with Gasteiger partial charge in [-0.25, -0.2) is 8.42 Å². The summed E-state index contributed by atoms with van der Waals surface area (Å²) in [6.45, 7) is 1.62. The molecule has 1 aliphatic heterocycles. The maximum atomic E-state index is 14.4. The molecule has 0 bridgehead atoms. The zero-order valence-corrected chi connectivity index (χ0v) is 28.8. The van der Waals surface area contributed by atoms with Crippen molar-refractivity contribution >= 4 is 78.0 Å². The number of nitrogens with one attached hydrogen (secondary N) is 2. The van der Waals surface area contributed by atoms with Crippen molar-refractivity contribution in [2.24, 2.45) is 0 Å². The first kappa shape index (κ1) is 34.9. The Hall–Kier alpha value is -3.97. The average molecular weight is 730 g/mol. The molecule has 46 heavy (non-hydrogen) atoms. The van der Waals surface area contributed by atoms with Crippen molar-refractivity contribution in [2.75, 3.05) is 36.8 Å². The predicted molar refractivity (Wildman–Crippen MR) is 185 cm³/mol. The van der Waals surface area contributed by atoms with Gasteiger partial charge in [-0.15, -0.1) is 12.4 Å². The zero-order chi connectivity index (χ0) is 32.5. The van der Waals surface area contributed by atoms with Gasteiger partial charge < -0.3 is 25.2 Å². The van der Waals surface area contributed by atoms with E-state index in [2.05, 4.69) is 26.6 Å². The fourth-order valence-electron chi connectivity index (χ4n) is 5.34. The number of nitrogens with zero attached hydrogens (tertiary/aromatic N) is 2. The van der Waals surface area contributed by atoms with Gasteiger partial charge in [0.2, 0.25) is 5.91 Å². The number of ether oxygens (including phenoxy) is 1. The Kier molecular flexibility index (Phi) is 10.8. The highest BCUT2D eigenvalue weighted by Gasteiger charge is 2.38. The Labute approximate surface area is 282 Å². The molecular weight excluding hydrogens is 696 g/mol. The molecule has 5 rings (SSSR count). The number of anilines is 2. The number of hydrogen-bond acceptors (Lipinski definition) is 7. The molecule has 242 valence electrons. The maximum Gasteiger partial charge on any atom is 0.258 e. The predicted octanol–water partition coefficient (Wildman–Crippen LogP) is 4.72. The molecular formula is C33H34BrClN4O6S. The maximum absolute atomic E-state index is 14.4. The van der Waals surface area contributed by atoms with Crippen LogP contribution in [0.5, 0.6) is 5.75 Å². The number of fused-ring (bicyclic) bond motifs is 2. The van der Waals surface area contributed by atoms with E-state index in [9.17, 15) is 22.8 Å². The Morgan fingerprint density at radius 2 is 1.70 bits per heavy atom. The average Bonchev–Trinajstić information content (AvgIpc) is 3.14. The van der Waals surface area contributed by atoms with Crippen molar-refractivity contribution in [2.45, 2.75) is 30.4 Å². The van der Waals surface area contributed by atoms with Crippen LogP contribution in [0.15, 0.2) is 88.2 Å². The number of carbonyl (C=O) groups is 3. The van der Waals surface area contributed by atoms with Crippen LogP contribution in [0.2, 0.25) is 0 Å². The van der Waals surface area contributed by atoms with Gasteiger partial charge in [-0.1, -0.05) is 40.2 Å². The molecule has 1 aliphatic rings. The Morgan fingerprint density at radius 1 is 1.02 bits per heavy atom. The number of sulfone groups is 1. The van der Waals surface area contributed by atoms with E-state index in [0.29, 0.717) is 17.1 Å². The minimum Gasteiger partial charge on any atom is -0.496 e. The minimum atomic E-state index is -3.47. The summed E-state index contributed by atoms with van der Waals surface area (Å²) in [4.78, 5) is 44.7. The second-order valence-corrected chi connectivity index (χ2v) is 13.7. The summed E-state index contributed by atoms with van der Waals surface area (Å²) in [7, 11) is -0.258. The van der Waals surface area contributed by atoms with Gasteiger partial charge in [0.1, 0.15) is 11.8 Å². The fourth-order valence-corrected chi connectivity index (χ4v) is 6.34. The molecule has 0 radical (unpaired) electrons. The smallest absolute Gasteiger partial charge is 0.258 e. The summed E-state index contributed by atoms with van der Waals surface area (Å²) in [6, 6.07) is 20.6. The zero-order valence-electron chi connectivity index (χ0n) is 25.6. The van der Waals surface area contributed by atoms with Gasteiger partial charge in [0.05, 0.1) is 42.5 Å². The number of amides is 3. The van der Waals surface area contributed by atoms with Gasteiger partial charge in [0.15, 0.2) is 9.84 Å². The first-order chi connectivity index (χ1) is 21.4. The van der Waals surface area contributed by atoms with Crippen molar-refractivity contribution in [3.05, 3.63) is 94.5 Å². The number of para-hydroxylation sites is 2. The van der Waals surface area contributed by atoms with Gasteiger partial charge >= 0.3 is 0 Å². The molecule has 1 heterocycles. The number of likely N-dealkylation sites (N-methyl/N-ethyl adjacent to an activating group) is 1. The van der Waals surface area contributed by atoms with Crippen LogP contribution in [0.1, 0.15) is 22.8 Å². The molecule has 13 heteroatoms. The van der Waals surface area contributed by atoms with Crippen molar-refractivity contribution in [1.82, 2.24) is 10.6 Å². The molecule has 4 aromatic carbocycles. The third-order valence-electron chi connectivity index (χ3n) is 7.90. The summed E-state index contributed by atoms with van der Waals surface area (Å²) < 4.78 is 30.7. The Bertz CT molecular complexity index is 1900. The lowest BCUT2D eigenvalue weighted by atomic mass is 10.0. The summed E-state index contributed by atoms with van der Waals surface area (Å²) in [5.74, 6) is -0.675. The molecule has 3 amide bonds. The summed E-state index contributed by atoms with van der Waals surface area (Å²) in [5.41, 5.74) is 1.92. The molecule has 4 aromatic rings. The molecule has 0 saturated heterocycles. The molecule has 2 N–H and O–H groups in total. The minimum absolute atomic E-state index is 0. The first-order valence-electron chi connectivity index (χ1n) is 14.2. The van der Waals surface area contributed by atoms with Gasteiger partial charge in [0, 0.05) is 21.9 Å². The Morgan fingerprint density at radius 3 is 2.33 bits per heavy atom. The van der Waals surface area contributed by atoms with Gasteiger partial charge in [0.25, 0.3) is 11.8 Å². The first-order valence-corrected chi connectivity index (χ1v) is 16.9. The largest absolute Gasteiger partial charge is 0.496 e. The van der Waals surface area contributed by atoms with Gasteiger partial charge in [-0.3, -0.25) is 14.4 Å². The lowest BCUT2D eigenvalue weighted by Gasteiger charge is -2.27. The molecule has 0 spiro atoms. The third-order valence-corrected chi connectivity index (χ3v) is 9.52. The van der Waals surface area contributed by atoms with Crippen molar-refractivity contribution in [3.63, 3.8) is 0 Å². The highest BCUT2D eigenvalue weighted by molar-refractivity contribution is 9.10. The number of hydrogen-bond donors (Lipinski definition) is 2. The van der Waals surface area contributed by atoms with E-state index < -0.39 is 39.6 Å². The summed E-state index contributed by atoms with van der Waals surface area (Å²) in [6.07, 6.45) is 1.10. The van der Waals surface area contributed by atoms with Crippen LogP contribution in [0, 0.1) is 0 Å². The van der Waals surface area contributed by atoms with Crippen LogP contribution in [0.4, 0.5) is 11.4 Å². The van der Waals surface area contributed by atoms with E-state index >= 15 is 0 Å². The summed E-state index contributed by atoms with van der Waals surface area (Å²) >= 11 is 3.53. The van der Waals surface area contributed by atoms with Crippen LogP contribution in [0.25, 0.3) is 10.8 Å². The number of methoxy groups -OCH3 is 1. The molecule has 0 aromatic heterocycles. The molecule has 0 fully saturated rings. The molecule has 10 nitrogen and oxygen atoms in total. The fraction of sp³-hybridized carbons (Fsp3) is 0.242. The monoisotopic (exact) mass is 728 g/mol. The lowest BCUT2D eigenvalue weighted by Crippen LogP contribution is -2.55. The van der Waals surface area contributed by atoms with Crippen molar-refractivity contribution in [1.29, 1.82) is 0 Å². The third kappa shape index (κ3) is 7.05. The SMILES string of the molecule is CNC(C)C(=O)NC1CN(C(=O)c2ccc(S(C)(=O)=O)cc2)c2ccccc2N(Cc2c(OC)ccc3cc(Br)ccc23)C1=O.Cl. The van der Waals surface area contributed by atoms with Crippen LogP contribution in [-0.2, 0) is 26.0 Å². The second-order valence-electron chi connectivity index (χ2n) is 10.8. The van der Waals surface area contributed by atoms with Crippen molar-refractivity contribution < 1.29 is 27.5 Å². The van der Waals surface area contributed by atoms with Crippen molar-refractivity contribution in [3.8, 4) is 5.75 Å². The van der Waals surface area contributed by atoms with Crippen LogP contribution in [-0.4, -0.2) is 65.2 Å². The number of carbonyl (C=O) groups excluding carboxylic acids is 3. The summed E-state index contributed by atoms with van der Waals surface area (Å²) in [5, 5.41) is 7.56. The molecule has 0 aliphatic carbocycles. The van der Waals surface area contributed by atoms with E-state index in [4.69, 9.17) is 4.74 Å². The highest BCUT2D eigenvalue weighted by Crippen LogP contribution is 2.38. The molecule has 2 unspecified atom stereocenters. The van der Waals surface area contributed by atoms with E-state index in [1.807, 2.05) is 30.3 Å². The van der Waals surface area contributed by atoms with E-state index in [0.717, 1.165) is 27.1 Å². The standard InChI is InChI=1S/C33H33BrN4O6S.ClH/c1-20(35-2)31(39)36-27-19-38(32(40)21-9-13-24(14-10-21)45(4,42)43)29-8-6-5-7-28(29)37(33(27)41)18-26-25-15-12-23(34)17-22(25)11-16-30(26)44-3;/h5-17,20,27,35H,18-19H2,1-4H3,(H,36,39);1H. The number of halogens is 2. The van der Waals surface area contributed by atoms with Gasteiger partial charge in [-0.05, 0) is 79.3 Å². The number of benzene rings is 4. The second kappa shape index (κ2) is 14.2. The van der Waals surface area contributed by atoms with Crippen LogP contribution in [0.3, 0.4) is 0 Å². The highest BCUT2D eigenvalue weighted by atomic mass is 79.9. The quantitative estimate of drug-likeness (QED) is 0.269. The Balaban J connectivity index is 0.00000480. The number of rotatable bonds is 8. The molecule has 2 atom stereocenters. The molecule has 0 saturated carbocycles. The van der Waals surface area contributed by atoms with Gasteiger partial charge in [-0.2, -0.15) is 0 Å². The van der Waals surface area contributed by atoms with E-state index in [1.54, 1.807) is 50.2 Å². The lowest BCUT2D eigenvalue weighted by molar-refractivity contribution is -0.128. The van der Waals surface area contributed by atoms with Crippen LogP contribution < -0.4 is 25.2 Å². The topological polar surface area (TPSA) is 125 Å².